The second-order valence-electron chi connectivity index (χ2n) is 9.96. The fourth-order valence-corrected chi connectivity index (χ4v) is 7.69. The van der Waals surface area contributed by atoms with Gasteiger partial charge in [0.1, 0.15) is 0 Å². The first-order valence-electron chi connectivity index (χ1n) is 10.2. The molecule has 4 rings (SSSR count). The van der Waals surface area contributed by atoms with Crippen molar-refractivity contribution in [3.05, 3.63) is 12.7 Å². The Hall–Kier alpha value is -0.630. The molecule has 24 heavy (non-hydrogen) atoms. The van der Waals surface area contributed by atoms with Gasteiger partial charge >= 0.3 is 0 Å². The highest BCUT2D eigenvalue weighted by Crippen LogP contribution is 2.64. The van der Waals surface area contributed by atoms with Gasteiger partial charge in [0.15, 0.2) is 5.78 Å². The van der Waals surface area contributed by atoms with Gasteiger partial charge in [-0.25, -0.2) is 0 Å². The molecule has 134 valence electrons. The third-order valence-electron chi connectivity index (χ3n) is 8.78. The molecule has 4 saturated carbocycles. The van der Waals surface area contributed by atoms with Crippen LogP contribution >= 0.6 is 0 Å². The average Bonchev–Trinajstić information content (AvgIpc) is 2.90. The number of allylic oxidation sites excluding steroid dienone is 1. The highest BCUT2D eigenvalue weighted by atomic mass is 16.3. The standard InChI is InChI=1S/C22H34O2/c1-4-20(23)19-8-7-18-17-6-5-14-13-21(2,24)11-9-15(14)16(17)10-12-22(18,19)3/h4,14-19,24H,1,5-13H2,2-3H3/t14-,15+,16-,17-,18+,19-,21-,22+/m1/s1. The number of rotatable bonds is 2. The molecule has 1 N–H and O–H groups in total. The van der Waals surface area contributed by atoms with Crippen LogP contribution in [0.3, 0.4) is 0 Å². The van der Waals surface area contributed by atoms with E-state index in [1.807, 2.05) is 6.92 Å². The zero-order valence-corrected chi connectivity index (χ0v) is 15.5. The van der Waals surface area contributed by atoms with Gasteiger partial charge in [0.05, 0.1) is 5.60 Å². The monoisotopic (exact) mass is 330 g/mol. The number of hydrogen-bond acceptors (Lipinski definition) is 2. The Labute approximate surface area is 147 Å². The van der Waals surface area contributed by atoms with Gasteiger partial charge in [-0.1, -0.05) is 13.5 Å². The lowest BCUT2D eigenvalue weighted by Gasteiger charge is -2.56. The molecule has 8 atom stereocenters. The Morgan fingerprint density at radius 1 is 1.00 bits per heavy atom. The highest BCUT2D eigenvalue weighted by molar-refractivity contribution is 5.92. The maximum Gasteiger partial charge on any atom is 0.158 e. The maximum atomic E-state index is 12.4. The van der Waals surface area contributed by atoms with E-state index >= 15 is 0 Å². The average molecular weight is 331 g/mol. The quantitative estimate of drug-likeness (QED) is 0.741. The van der Waals surface area contributed by atoms with Gasteiger partial charge in [0.2, 0.25) is 0 Å². The maximum absolute atomic E-state index is 12.4. The lowest BCUT2D eigenvalue weighted by atomic mass is 9.49. The molecular weight excluding hydrogens is 296 g/mol. The molecule has 0 heterocycles. The van der Waals surface area contributed by atoms with Gasteiger partial charge in [0, 0.05) is 5.92 Å². The van der Waals surface area contributed by atoms with Crippen LogP contribution in [0.15, 0.2) is 12.7 Å². The minimum atomic E-state index is -0.425. The zero-order valence-electron chi connectivity index (χ0n) is 15.5. The van der Waals surface area contributed by atoms with Crippen LogP contribution in [0.5, 0.6) is 0 Å². The molecule has 4 aliphatic rings. The molecule has 2 heteroatoms. The topological polar surface area (TPSA) is 37.3 Å². The third-order valence-corrected chi connectivity index (χ3v) is 8.78. The lowest BCUT2D eigenvalue weighted by Crippen LogP contribution is -2.50. The Balaban J connectivity index is 1.55. The second kappa shape index (κ2) is 5.69. The molecule has 0 amide bonds. The molecule has 4 fully saturated rings. The summed E-state index contributed by atoms with van der Waals surface area (Å²) in [6.45, 7) is 8.19. The van der Waals surface area contributed by atoms with Crippen LogP contribution in [0.1, 0.15) is 71.6 Å². The molecule has 0 aromatic rings. The van der Waals surface area contributed by atoms with E-state index in [9.17, 15) is 9.90 Å². The molecule has 4 aliphatic carbocycles. The number of aliphatic hydroxyl groups is 1. The minimum Gasteiger partial charge on any atom is -0.390 e. The van der Waals surface area contributed by atoms with Gasteiger partial charge < -0.3 is 5.11 Å². The van der Waals surface area contributed by atoms with Gasteiger partial charge in [-0.05, 0) is 106 Å². The first-order chi connectivity index (χ1) is 11.4. The SMILES string of the molecule is C=CC(=O)[C@H]1CC[C@H]2[C@@H]3CC[C@@H]4C[C@](C)(O)CC[C@@H]4[C@H]3CC[C@]12C. The second-order valence-corrected chi connectivity index (χ2v) is 9.96. The zero-order chi connectivity index (χ0) is 17.1. The summed E-state index contributed by atoms with van der Waals surface area (Å²) in [6.07, 6.45) is 12.3. The number of hydrogen-bond donors (Lipinski definition) is 1. The van der Waals surface area contributed by atoms with E-state index in [0.717, 1.165) is 48.9 Å². The lowest BCUT2D eigenvalue weighted by molar-refractivity contribution is -0.128. The van der Waals surface area contributed by atoms with Crippen LogP contribution in [0, 0.1) is 40.9 Å². The van der Waals surface area contributed by atoms with Crippen LogP contribution in [0.25, 0.3) is 0 Å². The Kier molecular flexibility index (Phi) is 3.99. The molecule has 0 spiro atoms. The normalized spacial score (nSPS) is 53.6. The van der Waals surface area contributed by atoms with Gasteiger partial charge in [-0.2, -0.15) is 0 Å². The molecule has 2 nitrogen and oxygen atoms in total. The molecule has 0 saturated heterocycles. The molecular formula is C22H34O2. The Bertz CT molecular complexity index is 536. The van der Waals surface area contributed by atoms with Crippen molar-refractivity contribution in [3.8, 4) is 0 Å². The number of fused-ring (bicyclic) bond motifs is 5. The highest BCUT2D eigenvalue weighted by Gasteiger charge is 2.58. The van der Waals surface area contributed by atoms with Crippen molar-refractivity contribution in [2.24, 2.45) is 40.9 Å². The molecule has 0 radical (unpaired) electrons. The third kappa shape index (κ3) is 2.43. The Morgan fingerprint density at radius 2 is 1.75 bits per heavy atom. The van der Waals surface area contributed by atoms with Crippen LogP contribution in [0.2, 0.25) is 0 Å². The number of carbonyl (C=O) groups excluding carboxylic acids is 1. The molecule has 0 unspecified atom stereocenters. The number of carbonyl (C=O) groups is 1. The van der Waals surface area contributed by atoms with Gasteiger partial charge in [-0.3, -0.25) is 4.79 Å². The Morgan fingerprint density at radius 3 is 2.50 bits per heavy atom. The van der Waals surface area contributed by atoms with Crippen molar-refractivity contribution in [2.75, 3.05) is 0 Å². The summed E-state index contributed by atoms with van der Waals surface area (Å²) in [6, 6.07) is 0. The minimum absolute atomic E-state index is 0.222. The van der Waals surface area contributed by atoms with E-state index in [1.54, 1.807) is 6.08 Å². The van der Waals surface area contributed by atoms with Gasteiger partial charge in [-0.15, -0.1) is 0 Å². The summed E-state index contributed by atoms with van der Waals surface area (Å²) in [5.41, 5.74) is -0.203. The fraction of sp³-hybridized carbons (Fsp3) is 0.864. The first-order valence-corrected chi connectivity index (χ1v) is 10.2. The van der Waals surface area contributed by atoms with Crippen LogP contribution in [0.4, 0.5) is 0 Å². The van der Waals surface area contributed by atoms with Crippen molar-refractivity contribution < 1.29 is 9.90 Å². The van der Waals surface area contributed by atoms with Crippen molar-refractivity contribution >= 4 is 5.78 Å². The summed E-state index contributed by atoms with van der Waals surface area (Å²) < 4.78 is 0. The van der Waals surface area contributed by atoms with E-state index in [4.69, 9.17) is 0 Å². The van der Waals surface area contributed by atoms with E-state index in [1.165, 1.54) is 38.5 Å². The molecule has 0 bridgehead atoms. The smallest absolute Gasteiger partial charge is 0.158 e. The number of ketones is 1. The van der Waals surface area contributed by atoms with Crippen LogP contribution < -0.4 is 0 Å². The van der Waals surface area contributed by atoms with E-state index < -0.39 is 5.60 Å². The van der Waals surface area contributed by atoms with E-state index in [0.29, 0.717) is 5.78 Å². The summed E-state index contributed by atoms with van der Waals surface area (Å²) in [5, 5.41) is 10.5. The fourth-order valence-electron chi connectivity index (χ4n) is 7.69. The van der Waals surface area contributed by atoms with Crippen LogP contribution in [-0.4, -0.2) is 16.5 Å². The molecule has 0 aromatic heterocycles. The predicted molar refractivity (Wildman–Crippen MR) is 96.4 cm³/mol. The summed E-state index contributed by atoms with van der Waals surface area (Å²) in [7, 11) is 0. The van der Waals surface area contributed by atoms with E-state index in [-0.39, 0.29) is 11.3 Å². The van der Waals surface area contributed by atoms with Crippen LogP contribution in [-0.2, 0) is 4.79 Å². The van der Waals surface area contributed by atoms with Gasteiger partial charge in [0.25, 0.3) is 0 Å². The molecule has 0 aromatic carbocycles. The predicted octanol–water partition coefficient (Wildman–Crippen LogP) is 4.76. The summed E-state index contributed by atoms with van der Waals surface area (Å²) in [4.78, 5) is 12.4. The summed E-state index contributed by atoms with van der Waals surface area (Å²) in [5.74, 6) is 4.53. The summed E-state index contributed by atoms with van der Waals surface area (Å²) >= 11 is 0. The van der Waals surface area contributed by atoms with E-state index in [2.05, 4.69) is 13.5 Å². The van der Waals surface area contributed by atoms with Crippen molar-refractivity contribution in [1.29, 1.82) is 0 Å². The van der Waals surface area contributed by atoms with Crippen molar-refractivity contribution in [1.82, 2.24) is 0 Å². The van der Waals surface area contributed by atoms with Crippen molar-refractivity contribution in [3.63, 3.8) is 0 Å². The first kappa shape index (κ1) is 16.8. The van der Waals surface area contributed by atoms with Crippen molar-refractivity contribution in [2.45, 2.75) is 77.2 Å². The molecule has 0 aliphatic heterocycles. The largest absolute Gasteiger partial charge is 0.390 e.